The Balaban J connectivity index is 1.31. The van der Waals surface area contributed by atoms with Crippen LogP contribution >= 0.6 is 35.2 Å². The molecule has 0 spiro atoms. The van der Waals surface area contributed by atoms with Gasteiger partial charge in [0.15, 0.2) is 5.11 Å². The molecule has 8 heteroatoms. The van der Waals surface area contributed by atoms with Crippen LogP contribution in [0.3, 0.4) is 0 Å². The molecule has 4 rings (SSSR count). The number of fused-ring (bicyclic) bond motifs is 1. The van der Waals surface area contributed by atoms with Crippen molar-refractivity contribution < 1.29 is 14.4 Å². The van der Waals surface area contributed by atoms with Gasteiger partial charge in [0.05, 0.1) is 44.9 Å². The van der Waals surface area contributed by atoms with Crippen LogP contribution in [0.1, 0.15) is 15.2 Å². The Morgan fingerprint density at radius 1 is 1.25 bits per heavy atom. The molecule has 1 aliphatic rings. The summed E-state index contributed by atoms with van der Waals surface area (Å²) >= 11 is 13.3. The number of piperazine rings is 1. The first-order chi connectivity index (χ1) is 15.5. The number of anilines is 1. The number of rotatable bonds is 5. The molecule has 1 aliphatic heterocycles. The molecule has 1 aromatic heterocycles. The largest absolute Gasteiger partial charge is 0.465 e. The number of carbonyl (C=O) groups excluding carboxylic acids is 1. The van der Waals surface area contributed by atoms with E-state index < -0.39 is 5.97 Å². The smallest absolute Gasteiger partial charge is 0.349 e. The molecule has 0 unspecified atom stereocenters. The van der Waals surface area contributed by atoms with Gasteiger partial charge in [-0.1, -0.05) is 48.0 Å². The summed E-state index contributed by atoms with van der Waals surface area (Å²) in [4.78, 5) is 16.1. The van der Waals surface area contributed by atoms with Gasteiger partial charge in [0.25, 0.3) is 0 Å². The second kappa shape index (κ2) is 10.4. The molecule has 5 nitrogen and oxygen atoms in total. The van der Waals surface area contributed by atoms with Gasteiger partial charge in [0.1, 0.15) is 4.88 Å². The zero-order valence-corrected chi connectivity index (χ0v) is 20.2. The number of hydrogen-bond donors (Lipinski definition) is 2. The van der Waals surface area contributed by atoms with E-state index in [1.54, 1.807) is 4.90 Å². The predicted octanol–water partition coefficient (Wildman–Crippen LogP) is 3.95. The van der Waals surface area contributed by atoms with Gasteiger partial charge in [-0.3, -0.25) is 0 Å². The van der Waals surface area contributed by atoms with Crippen molar-refractivity contribution in [2.24, 2.45) is 0 Å². The van der Waals surface area contributed by atoms with Crippen LogP contribution in [-0.4, -0.2) is 55.8 Å². The van der Waals surface area contributed by atoms with Crippen molar-refractivity contribution >= 4 is 68.1 Å². The minimum atomic E-state index is -0.416. The van der Waals surface area contributed by atoms with Crippen molar-refractivity contribution in [2.45, 2.75) is 0 Å². The number of methoxy groups -OCH3 is 1. The average molecular weight is 487 g/mol. The van der Waals surface area contributed by atoms with E-state index in [0.29, 0.717) is 9.90 Å². The van der Waals surface area contributed by atoms with E-state index in [4.69, 9.17) is 28.6 Å². The summed E-state index contributed by atoms with van der Waals surface area (Å²) in [6, 6.07) is 16.2. The van der Waals surface area contributed by atoms with E-state index in [1.165, 1.54) is 24.0 Å². The van der Waals surface area contributed by atoms with Crippen LogP contribution in [0, 0.1) is 0 Å². The minimum Gasteiger partial charge on any atom is -0.465 e. The maximum absolute atomic E-state index is 11.9. The monoisotopic (exact) mass is 486 g/mol. The molecule has 2 N–H and O–H groups in total. The van der Waals surface area contributed by atoms with Crippen molar-refractivity contribution in [1.82, 2.24) is 4.90 Å². The van der Waals surface area contributed by atoms with Gasteiger partial charge in [-0.15, -0.1) is 11.3 Å². The Morgan fingerprint density at radius 3 is 2.72 bits per heavy atom. The highest BCUT2D eigenvalue weighted by Crippen LogP contribution is 2.37. The Labute approximate surface area is 202 Å². The van der Waals surface area contributed by atoms with Crippen LogP contribution < -0.4 is 10.2 Å². The number of quaternary nitrogens is 1. The highest BCUT2D eigenvalue weighted by atomic mass is 35.5. The van der Waals surface area contributed by atoms with Crippen LogP contribution in [0.25, 0.3) is 16.2 Å². The molecule has 166 valence electrons. The number of esters is 1. The number of nitrogens with zero attached hydrogens (tertiary/aromatic N) is 1. The van der Waals surface area contributed by atoms with Crippen LogP contribution in [-0.2, 0) is 4.74 Å². The number of thiocarbonyl (C=S) groups is 1. The van der Waals surface area contributed by atoms with Gasteiger partial charge >= 0.3 is 5.97 Å². The molecule has 1 fully saturated rings. The first-order valence-electron chi connectivity index (χ1n) is 10.5. The molecule has 1 saturated heterocycles. The molecular formula is C24H25ClN3O2S2+. The van der Waals surface area contributed by atoms with E-state index in [-0.39, 0.29) is 0 Å². The molecule has 3 aromatic rings. The molecular weight excluding hydrogens is 462 g/mol. The van der Waals surface area contributed by atoms with Gasteiger partial charge in [0.2, 0.25) is 0 Å². The van der Waals surface area contributed by atoms with Gasteiger partial charge in [-0.2, -0.15) is 0 Å². The maximum atomic E-state index is 11.9. The Hall–Kier alpha value is -2.45. The van der Waals surface area contributed by atoms with Gasteiger partial charge in [-0.05, 0) is 42.1 Å². The van der Waals surface area contributed by atoms with E-state index in [2.05, 4.69) is 46.6 Å². The van der Waals surface area contributed by atoms with Crippen LogP contribution in [0.15, 0.2) is 54.6 Å². The second-order valence-electron chi connectivity index (χ2n) is 7.63. The molecule has 0 atom stereocenters. The lowest BCUT2D eigenvalue weighted by Crippen LogP contribution is -3.14. The van der Waals surface area contributed by atoms with Crippen molar-refractivity contribution in [3.8, 4) is 0 Å². The van der Waals surface area contributed by atoms with E-state index in [1.807, 2.05) is 24.3 Å². The number of halogens is 1. The molecule has 32 heavy (non-hydrogen) atoms. The van der Waals surface area contributed by atoms with E-state index in [9.17, 15) is 4.79 Å². The normalized spacial score (nSPS) is 14.8. The lowest BCUT2D eigenvalue weighted by molar-refractivity contribution is -0.897. The maximum Gasteiger partial charge on any atom is 0.349 e. The van der Waals surface area contributed by atoms with Gasteiger partial charge < -0.3 is 19.9 Å². The zero-order chi connectivity index (χ0) is 22.5. The number of carbonyl (C=O) groups is 1. The van der Waals surface area contributed by atoms with Crippen molar-refractivity contribution in [3.63, 3.8) is 0 Å². The summed E-state index contributed by atoms with van der Waals surface area (Å²) in [6.45, 7) is 4.94. The summed E-state index contributed by atoms with van der Waals surface area (Å²) in [5.74, 6) is -0.416. The summed E-state index contributed by atoms with van der Waals surface area (Å²) in [7, 11) is 1.36. The van der Waals surface area contributed by atoms with Crippen molar-refractivity contribution in [1.29, 1.82) is 0 Å². The topological polar surface area (TPSA) is 46.0 Å². The number of hydrogen-bond acceptors (Lipinski definition) is 4. The summed E-state index contributed by atoms with van der Waals surface area (Å²) < 4.78 is 5.73. The Morgan fingerprint density at radius 2 is 2.00 bits per heavy atom. The fourth-order valence-corrected chi connectivity index (χ4v) is 5.49. The highest BCUT2D eigenvalue weighted by Gasteiger charge is 2.22. The second-order valence-corrected chi connectivity index (χ2v) is 9.45. The molecule has 0 bridgehead atoms. The first-order valence-corrected chi connectivity index (χ1v) is 12.1. The average Bonchev–Trinajstić information content (AvgIpc) is 3.15. The third-order valence-electron chi connectivity index (χ3n) is 5.53. The highest BCUT2D eigenvalue weighted by molar-refractivity contribution is 7.80. The van der Waals surface area contributed by atoms with Gasteiger partial charge in [0, 0.05) is 15.8 Å². The number of thiophene rings is 1. The molecule has 2 aromatic carbocycles. The quantitative estimate of drug-likeness (QED) is 0.422. The molecule has 0 saturated carbocycles. The lowest BCUT2D eigenvalue weighted by Gasteiger charge is -2.33. The number of benzene rings is 2. The summed E-state index contributed by atoms with van der Waals surface area (Å²) in [5.41, 5.74) is 2.12. The predicted molar refractivity (Wildman–Crippen MR) is 137 cm³/mol. The van der Waals surface area contributed by atoms with Crippen LogP contribution in [0.4, 0.5) is 5.69 Å². The van der Waals surface area contributed by atoms with Crippen LogP contribution in [0.5, 0.6) is 0 Å². The SMILES string of the molecule is COC(=O)c1sc2cc(NC(=S)N3CC[NH+](C/C=C/c4ccccc4)CC3)ccc2c1Cl. The van der Waals surface area contributed by atoms with E-state index in [0.717, 1.165) is 53.6 Å². The fourth-order valence-electron chi connectivity index (χ4n) is 3.73. The minimum absolute atomic E-state index is 0.416. The first kappa shape index (κ1) is 22.7. The third kappa shape index (κ3) is 5.30. The number of nitrogens with one attached hydrogen (secondary N) is 2. The Bertz CT molecular complexity index is 1140. The molecule has 0 amide bonds. The summed E-state index contributed by atoms with van der Waals surface area (Å²) in [5, 5.41) is 5.34. The molecule has 2 heterocycles. The molecule has 0 radical (unpaired) electrons. The standard InChI is InChI=1S/C24H24ClN3O2S2/c1-30-23(29)22-21(25)19-10-9-18(16-20(19)32-22)26-24(31)28-14-12-27(13-15-28)11-5-8-17-6-3-2-4-7-17/h2-10,16H,11-15H2,1H3,(H,26,31)/p+1/b8-5+. The summed E-state index contributed by atoms with van der Waals surface area (Å²) in [6.07, 6.45) is 4.44. The fraction of sp³-hybridized carbons (Fsp3) is 0.250. The van der Waals surface area contributed by atoms with Crippen molar-refractivity contribution in [2.75, 3.05) is 45.2 Å². The van der Waals surface area contributed by atoms with E-state index >= 15 is 0 Å². The zero-order valence-electron chi connectivity index (χ0n) is 17.8. The van der Waals surface area contributed by atoms with Crippen molar-refractivity contribution in [3.05, 3.63) is 70.1 Å². The van der Waals surface area contributed by atoms with Gasteiger partial charge in [-0.25, -0.2) is 4.79 Å². The lowest BCUT2D eigenvalue weighted by atomic mass is 10.2. The Kier molecular flexibility index (Phi) is 7.42. The number of ether oxygens (including phenoxy) is 1. The molecule has 0 aliphatic carbocycles. The third-order valence-corrected chi connectivity index (χ3v) is 7.52. The van der Waals surface area contributed by atoms with Crippen LogP contribution in [0.2, 0.25) is 5.02 Å².